The number of amides is 2. The Morgan fingerprint density at radius 2 is 1.63 bits per heavy atom. The minimum Gasteiger partial charge on any atom is -0.325 e. The topological polar surface area (TPSA) is 32.3 Å². The van der Waals surface area contributed by atoms with Gasteiger partial charge in [0.2, 0.25) is 0 Å². The van der Waals surface area contributed by atoms with Gasteiger partial charge in [0.05, 0.1) is 10.0 Å². The van der Waals surface area contributed by atoms with E-state index in [0.717, 1.165) is 25.9 Å². The summed E-state index contributed by atoms with van der Waals surface area (Å²) in [6.07, 6.45) is 5.85. The fourth-order valence-electron chi connectivity index (χ4n) is 2.23. The summed E-state index contributed by atoms with van der Waals surface area (Å²) in [5.41, 5.74) is 0.682. The Hall–Kier alpha value is -0.930. The molecule has 1 aromatic rings. The second kappa shape index (κ2) is 7.01. The lowest BCUT2D eigenvalue weighted by Gasteiger charge is -2.25. The average Bonchev–Trinajstić information content (AvgIpc) is 2.33. The van der Waals surface area contributed by atoms with Crippen LogP contribution in [0.15, 0.2) is 18.2 Å². The van der Waals surface area contributed by atoms with Crippen molar-refractivity contribution in [3.8, 4) is 0 Å². The van der Waals surface area contributed by atoms with Gasteiger partial charge in [-0.2, -0.15) is 0 Å². The molecule has 104 valence electrons. The third-order valence-corrected chi connectivity index (χ3v) is 4.05. The Kier molecular flexibility index (Phi) is 5.34. The monoisotopic (exact) mass is 300 g/mol. The van der Waals surface area contributed by atoms with Gasteiger partial charge < -0.3 is 10.2 Å². The minimum atomic E-state index is -0.0553. The van der Waals surface area contributed by atoms with Crippen molar-refractivity contribution < 1.29 is 4.79 Å². The van der Waals surface area contributed by atoms with Crippen molar-refractivity contribution in [1.29, 1.82) is 0 Å². The highest BCUT2D eigenvalue weighted by atomic mass is 35.5. The molecular formula is C14H18Cl2N2O. The van der Waals surface area contributed by atoms with Gasteiger partial charge in [-0.05, 0) is 31.0 Å². The lowest BCUT2D eigenvalue weighted by Crippen LogP contribution is -2.37. The molecule has 1 saturated heterocycles. The van der Waals surface area contributed by atoms with E-state index in [9.17, 15) is 4.79 Å². The van der Waals surface area contributed by atoms with Crippen molar-refractivity contribution in [1.82, 2.24) is 4.90 Å². The Balaban J connectivity index is 1.96. The Labute approximate surface area is 123 Å². The number of hydrogen-bond donors (Lipinski definition) is 1. The van der Waals surface area contributed by atoms with Gasteiger partial charge in [-0.3, -0.25) is 0 Å². The van der Waals surface area contributed by atoms with E-state index >= 15 is 0 Å². The van der Waals surface area contributed by atoms with E-state index in [-0.39, 0.29) is 6.03 Å². The number of nitrogens with one attached hydrogen (secondary N) is 1. The maximum absolute atomic E-state index is 12.2. The molecule has 5 heteroatoms. The number of benzene rings is 1. The summed E-state index contributed by atoms with van der Waals surface area (Å²) in [5.74, 6) is 0. The van der Waals surface area contributed by atoms with Gasteiger partial charge in [0.1, 0.15) is 0 Å². The highest BCUT2D eigenvalue weighted by Gasteiger charge is 2.14. The van der Waals surface area contributed by atoms with Crippen molar-refractivity contribution in [2.45, 2.75) is 32.1 Å². The number of carbonyl (C=O) groups excluding carboxylic acids is 1. The third kappa shape index (κ3) is 4.29. The maximum Gasteiger partial charge on any atom is 0.321 e. The number of anilines is 1. The normalized spacial score (nSPS) is 16.6. The third-order valence-electron chi connectivity index (χ3n) is 3.31. The van der Waals surface area contributed by atoms with E-state index in [0.29, 0.717) is 15.7 Å². The molecule has 0 unspecified atom stereocenters. The molecule has 1 N–H and O–H groups in total. The van der Waals surface area contributed by atoms with E-state index in [1.54, 1.807) is 18.2 Å². The Morgan fingerprint density at radius 3 is 2.26 bits per heavy atom. The summed E-state index contributed by atoms with van der Waals surface area (Å²) < 4.78 is 0. The molecule has 3 nitrogen and oxygen atoms in total. The molecule has 1 fully saturated rings. The predicted octanol–water partition coefficient (Wildman–Crippen LogP) is 4.79. The SMILES string of the molecule is O=C(Nc1ccc(Cl)c(Cl)c1)N1CCCCCCC1. The average molecular weight is 301 g/mol. The second-order valence-corrected chi connectivity index (χ2v) is 5.63. The number of nitrogens with zero attached hydrogens (tertiary/aromatic N) is 1. The van der Waals surface area contributed by atoms with Crippen LogP contribution in [0.1, 0.15) is 32.1 Å². The highest BCUT2D eigenvalue weighted by Crippen LogP contribution is 2.25. The highest BCUT2D eigenvalue weighted by molar-refractivity contribution is 6.42. The van der Waals surface area contributed by atoms with E-state index < -0.39 is 0 Å². The lowest BCUT2D eigenvalue weighted by atomic mass is 10.1. The van der Waals surface area contributed by atoms with Gasteiger partial charge >= 0.3 is 6.03 Å². The van der Waals surface area contributed by atoms with Crippen LogP contribution in [0.2, 0.25) is 10.0 Å². The molecular weight excluding hydrogens is 283 g/mol. The standard InChI is InChI=1S/C14H18Cl2N2O/c15-12-7-6-11(10-13(12)16)17-14(19)18-8-4-2-1-3-5-9-18/h6-7,10H,1-5,8-9H2,(H,17,19). The zero-order valence-corrected chi connectivity index (χ0v) is 12.3. The number of hydrogen-bond acceptors (Lipinski definition) is 1. The molecule has 2 amide bonds. The summed E-state index contributed by atoms with van der Waals surface area (Å²) in [7, 11) is 0. The smallest absolute Gasteiger partial charge is 0.321 e. The van der Waals surface area contributed by atoms with Crippen molar-refractivity contribution in [2.75, 3.05) is 18.4 Å². The van der Waals surface area contributed by atoms with Crippen LogP contribution in [0.4, 0.5) is 10.5 Å². The van der Waals surface area contributed by atoms with Crippen molar-refractivity contribution in [3.63, 3.8) is 0 Å². The first-order chi connectivity index (χ1) is 9.16. The summed E-state index contributed by atoms with van der Waals surface area (Å²) in [6, 6.07) is 5.06. The lowest BCUT2D eigenvalue weighted by molar-refractivity contribution is 0.206. The van der Waals surface area contributed by atoms with Crippen LogP contribution in [0.3, 0.4) is 0 Å². The van der Waals surface area contributed by atoms with Crippen LogP contribution in [0, 0.1) is 0 Å². The van der Waals surface area contributed by atoms with E-state index in [1.165, 1.54) is 19.3 Å². The van der Waals surface area contributed by atoms with Crippen molar-refractivity contribution in [3.05, 3.63) is 28.2 Å². The second-order valence-electron chi connectivity index (χ2n) is 4.81. The van der Waals surface area contributed by atoms with Crippen LogP contribution in [0.25, 0.3) is 0 Å². The fraction of sp³-hybridized carbons (Fsp3) is 0.500. The molecule has 0 radical (unpaired) electrons. The zero-order valence-electron chi connectivity index (χ0n) is 10.8. The molecule has 0 atom stereocenters. The quantitative estimate of drug-likeness (QED) is 0.794. The molecule has 0 aromatic heterocycles. The van der Waals surface area contributed by atoms with Gasteiger partial charge in [-0.25, -0.2) is 4.79 Å². The number of carbonyl (C=O) groups is 1. The maximum atomic E-state index is 12.2. The molecule has 0 saturated carbocycles. The molecule has 0 aliphatic carbocycles. The van der Waals surface area contributed by atoms with Crippen molar-refractivity contribution >= 4 is 34.9 Å². The number of urea groups is 1. The first-order valence-electron chi connectivity index (χ1n) is 6.68. The summed E-state index contributed by atoms with van der Waals surface area (Å²) in [4.78, 5) is 14.0. The van der Waals surface area contributed by atoms with Crippen LogP contribution in [-0.2, 0) is 0 Å². The molecule has 1 aliphatic rings. The first kappa shape index (κ1) is 14.5. The zero-order chi connectivity index (χ0) is 13.7. The minimum absolute atomic E-state index is 0.0553. The van der Waals surface area contributed by atoms with Gasteiger partial charge in [-0.1, -0.05) is 42.5 Å². The summed E-state index contributed by atoms with van der Waals surface area (Å²) in [5, 5.41) is 3.81. The van der Waals surface area contributed by atoms with E-state index in [4.69, 9.17) is 23.2 Å². The Morgan fingerprint density at radius 1 is 1.00 bits per heavy atom. The molecule has 0 spiro atoms. The molecule has 2 rings (SSSR count). The molecule has 1 aromatic carbocycles. The van der Waals surface area contributed by atoms with Crippen LogP contribution >= 0.6 is 23.2 Å². The Bertz CT molecular complexity index is 443. The van der Waals surface area contributed by atoms with Crippen LogP contribution in [-0.4, -0.2) is 24.0 Å². The molecule has 1 aliphatic heterocycles. The first-order valence-corrected chi connectivity index (χ1v) is 7.43. The van der Waals surface area contributed by atoms with E-state index in [1.807, 2.05) is 4.90 Å². The molecule has 1 heterocycles. The summed E-state index contributed by atoms with van der Waals surface area (Å²) >= 11 is 11.8. The summed E-state index contributed by atoms with van der Waals surface area (Å²) in [6.45, 7) is 1.65. The van der Waals surface area contributed by atoms with Crippen LogP contribution in [0.5, 0.6) is 0 Å². The number of halogens is 2. The van der Waals surface area contributed by atoms with Crippen molar-refractivity contribution in [2.24, 2.45) is 0 Å². The van der Waals surface area contributed by atoms with Gasteiger partial charge in [0, 0.05) is 18.8 Å². The molecule has 0 bridgehead atoms. The number of rotatable bonds is 1. The largest absolute Gasteiger partial charge is 0.325 e. The van der Waals surface area contributed by atoms with Gasteiger partial charge in [0.15, 0.2) is 0 Å². The van der Waals surface area contributed by atoms with Gasteiger partial charge in [0.25, 0.3) is 0 Å². The fourth-order valence-corrected chi connectivity index (χ4v) is 2.53. The van der Waals surface area contributed by atoms with Crippen LogP contribution < -0.4 is 5.32 Å². The predicted molar refractivity (Wildman–Crippen MR) is 80.1 cm³/mol. The molecule has 19 heavy (non-hydrogen) atoms. The van der Waals surface area contributed by atoms with E-state index in [2.05, 4.69) is 5.32 Å². The number of likely N-dealkylation sites (tertiary alicyclic amines) is 1. The van der Waals surface area contributed by atoms with Gasteiger partial charge in [-0.15, -0.1) is 0 Å².